The molecule has 1 saturated carbocycles. The second-order valence-electron chi connectivity index (χ2n) is 6.70. The molecule has 1 aromatic rings. The van der Waals surface area contributed by atoms with Gasteiger partial charge in [-0.3, -0.25) is 4.79 Å². The predicted molar refractivity (Wildman–Crippen MR) is 95.3 cm³/mol. The van der Waals surface area contributed by atoms with E-state index in [9.17, 15) is 9.18 Å². The average molecular weight is 338 g/mol. The summed E-state index contributed by atoms with van der Waals surface area (Å²) in [6.45, 7) is 0. The molecule has 1 amide bonds. The SMILES string of the molecule is CSCC(=O)NC1CCC(Cc2cccc(F)c2)(N(C)C)CC1. The van der Waals surface area contributed by atoms with E-state index >= 15 is 0 Å². The molecule has 0 aliphatic heterocycles. The molecule has 5 heteroatoms. The first kappa shape index (κ1) is 18.3. The molecule has 3 nitrogen and oxygen atoms in total. The number of hydrogen-bond acceptors (Lipinski definition) is 3. The van der Waals surface area contributed by atoms with Crippen LogP contribution in [0.3, 0.4) is 0 Å². The lowest BCUT2D eigenvalue weighted by Gasteiger charge is -2.45. The lowest BCUT2D eigenvalue weighted by atomic mass is 9.75. The van der Waals surface area contributed by atoms with Crippen molar-refractivity contribution in [3.63, 3.8) is 0 Å². The average Bonchev–Trinajstić information content (AvgIpc) is 2.49. The lowest BCUT2D eigenvalue weighted by Crippen LogP contribution is -2.52. The molecular weight excluding hydrogens is 311 g/mol. The number of hydrogen-bond donors (Lipinski definition) is 1. The van der Waals surface area contributed by atoms with Crippen molar-refractivity contribution in [3.05, 3.63) is 35.6 Å². The van der Waals surface area contributed by atoms with E-state index in [1.807, 2.05) is 12.3 Å². The van der Waals surface area contributed by atoms with Crippen molar-refractivity contribution >= 4 is 17.7 Å². The fourth-order valence-corrected chi connectivity index (χ4v) is 3.85. The fraction of sp³-hybridized carbons (Fsp3) is 0.611. The molecule has 1 N–H and O–H groups in total. The van der Waals surface area contributed by atoms with Crippen LogP contribution in [0.5, 0.6) is 0 Å². The summed E-state index contributed by atoms with van der Waals surface area (Å²) in [4.78, 5) is 14.0. The second-order valence-corrected chi connectivity index (χ2v) is 7.57. The topological polar surface area (TPSA) is 32.3 Å². The van der Waals surface area contributed by atoms with Gasteiger partial charge in [-0.15, -0.1) is 0 Å². The third-order valence-corrected chi connectivity index (χ3v) is 5.48. The molecule has 0 unspecified atom stereocenters. The van der Waals surface area contributed by atoms with Gasteiger partial charge >= 0.3 is 0 Å². The first-order valence-corrected chi connectivity index (χ1v) is 9.55. The second kappa shape index (κ2) is 8.15. The van der Waals surface area contributed by atoms with E-state index in [1.165, 1.54) is 6.07 Å². The summed E-state index contributed by atoms with van der Waals surface area (Å²) in [7, 11) is 4.21. The smallest absolute Gasteiger partial charge is 0.230 e. The van der Waals surface area contributed by atoms with E-state index in [4.69, 9.17) is 0 Å². The number of amides is 1. The van der Waals surface area contributed by atoms with Gasteiger partial charge in [0, 0.05) is 11.6 Å². The zero-order valence-electron chi connectivity index (χ0n) is 14.3. The third kappa shape index (κ3) is 4.95. The highest BCUT2D eigenvalue weighted by Gasteiger charge is 2.37. The Hall–Kier alpha value is -1.07. The standard InChI is InChI=1S/C18H27FN2OS/c1-21(2)18(12-14-5-4-6-15(19)11-14)9-7-16(8-10-18)20-17(22)13-23-3/h4-6,11,16H,7-10,12-13H2,1-3H3,(H,20,22). The van der Waals surface area contributed by atoms with E-state index < -0.39 is 0 Å². The monoisotopic (exact) mass is 338 g/mol. The van der Waals surface area contributed by atoms with Gasteiger partial charge in [-0.25, -0.2) is 4.39 Å². The van der Waals surface area contributed by atoms with Gasteiger partial charge < -0.3 is 10.2 Å². The molecule has 0 spiro atoms. The molecular formula is C18H27FN2OS. The molecule has 0 bridgehead atoms. The van der Waals surface area contributed by atoms with Gasteiger partial charge in [0.2, 0.25) is 5.91 Å². The third-order valence-electron chi connectivity index (χ3n) is 4.93. The summed E-state index contributed by atoms with van der Waals surface area (Å²) in [6.07, 6.45) is 6.78. The summed E-state index contributed by atoms with van der Waals surface area (Å²) in [5.41, 5.74) is 1.10. The Bertz CT molecular complexity index is 528. The van der Waals surface area contributed by atoms with Gasteiger partial charge in [-0.2, -0.15) is 11.8 Å². The number of benzene rings is 1. The Morgan fingerprint density at radius 3 is 2.65 bits per heavy atom. The maximum absolute atomic E-state index is 13.5. The molecule has 0 saturated heterocycles. The molecule has 1 aromatic carbocycles. The summed E-state index contributed by atoms with van der Waals surface area (Å²) >= 11 is 1.55. The number of thioether (sulfide) groups is 1. The molecule has 23 heavy (non-hydrogen) atoms. The van der Waals surface area contributed by atoms with Crippen LogP contribution >= 0.6 is 11.8 Å². The van der Waals surface area contributed by atoms with E-state index in [0.29, 0.717) is 5.75 Å². The van der Waals surface area contributed by atoms with Crippen LogP contribution in [0, 0.1) is 5.82 Å². The molecule has 1 fully saturated rings. The summed E-state index contributed by atoms with van der Waals surface area (Å²) in [5, 5.41) is 3.13. The highest BCUT2D eigenvalue weighted by Crippen LogP contribution is 2.35. The minimum Gasteiger partial charge on any atom is -0.353 e. The highest BCUT2D eigenvalue weighted by molar-refractivity contribution is 7.99. The molecule has 128 valence electrons. The zero-order chi connectivity index (χ0) is 16.9. The number of likely N-dealkylation sites (N-methyl/N-ethyl adjacent to an activating group) is 1. The molecule has 1 aliphatic rings. The van der Waals surface area contributed by atoms with Crippen LogP contribution in [0.4, 0.5) is 4.39 Å². The minimum atomic E-state index is -0.172. The minimum absolute atomic E-state index is 0.0501. The fourth-order valence-electron chi connectivity index (χ4n) is 3.51. The summed E-state index contributed by atoms with van der Waals surface area (Å²) in [5.74, 6) is 0.484. The number of halogens is 1. The molecule has 0 radical (unpaired) electrons. The molecule has 1 aliphatic carbocycles. The van der Waals surface area contributed by atoms with Crippen LogP contribution in [-0.4, -0.2) is 48.5 Å². The van der Waals surface area contributed by atoms with Crippen molar-refractivity contribution in [1.82, 2.24) is 10.2 Å². The quantitative estimate of drug-likeness (QED) is 0.865. The first-order chi connectivity index (χ1) is 10.9. The van der Waals surface area contributed by atoms with Crippen molar-refractivity contribution < 1.29 is 9.18 Å². The van der Waals surface area contributed by atoms with Gasteiger partial charge in [0.1, 0.15) is 5.82 Å². The number of nitrogens with zero attached hydrogens (tertiary/aromatic N) is 1. The Labute approximate surface area is 143 Å². The Balaban J connectivity index is 1.99. The first-order valence-electron chi connectivity index (χ1n) is 8.15. The van der Waals surface area contributed by atoms with Crippen molar-refractivity contribution in [2.45, 2.75) is 43.7 Å². The van der Waals surface area contributed by atoms with Crippen molar-refractivity contribution in [3.8, 4) is 0 Å². The number of carbonyl (C=O) groups is 1. The van der Waals surface area contributed by atoms with E-state index in [-0.39, 0.29) is 23.3 Å². The van der Waals surface area contributed by atoms with Gasteiger partial charge in [-0.1, -0.05) is 12.1 Å². The number of carbonyl (C=O) groups excluding carboxylic acids is 1. The Morgan fingerprint density at radius 1 is 1.39 bits per heavy atom. The van der Waals surface area contributed by atoms with Crippen molar-refractivity contribution in [2.24, 2.45) is 0 Å². The van der Waals surface area contributed by atoms with Gasteiger partial charge in [-0.05, 0) is 70.2 Å². The van der Waals surface area contributed by atoms with Gasteiger partial charge in [0.15, 0.2) is 0 Å². The van der Waals surface area contributed by atoms with Crippen LogP contribution < -0.4 is 5.32 Å². The van der Waals surface area contributed by atoms with Crippen LogP contribution in [0.15, 0.2) is 24.3 Å². The largest absolute Gasteiger partial charge is 0.353 e. The molecule has 2 rings (SSSR count). The number of nitrogens with one attached hydrogen (secondary N) is 1. The van der Waals surface area contributed by atoms with E-state index in [2.05, 4.69) is 24.3 Å². The van der Waals surface area contributed by atoms with E-state index in [0.717, 1.165) is 37.7 Å². The van der Waals surface area contributed by atoms with Crippen LogP contribution in [0.1, 0.15) is 31.2 Å². The Morgan fingerprint density at radius 2 is 2.09 bits per heavy atom. The van der Waals surface area contributed by atoms with Crippen LogP contribution in [-0.2, 0) is 11.2 Å². The van der Waals surface area contributed by atoms with Crippen molar-refractivity contribution in [1.29, 1.82) is 0 Å². The van der Waals surface area contributed by atoms with Crippen LogP contribution in [0.2, 0.25) is 0 Å². The molecule has 0 aromatic heterocycles. The van der Waals surface area contributed by atoms with E-state index in [1.54, 1.807) is 23.9 Å². The Kier molecular flexibility index (Phi) is 6.48. The molecule has 0 atom stereocenters. The zero-order valence-corrected chi connectivity index (χ0v) is 15.1. The van der Waals surface area contributed by atoms with Crippen molar-refractivity contribution in [2.75, 3.05) is 26.1 Å². The van der Waals surface area contributed by atoms with Crippen LogP contribution in [0.25, 0.3) is 0 Å². The number of rotatable bonds is 6. The lowest BCUT2D eigenvalue weighted by molar-refractivity contribution is -0.119. The summed E-state index contributed by atoms with van der Waals surface area (Å²) < 4.78 is 13.5. The summed E-state index contributed by atoms with van der Waals surface area (Å²) in [6, 6.07) is 7.18. The normalized spacial score (nSPS) is 24.7. The van der Waals surface area contributed by atoms with Gasteiger partial charge in [0.25, 0.3) is 0 Å². The maximum Gasteiger partial charge on any atom is 0.230 e. The highest BCUT2D eigenvalue weighted by atomic mass is 32.2. The predicted octanol–water partition coefficient (Wildman–Crippen LogP) is 3.09. The maximum atomic E-state index is 13.5. The van der Waals surface area contributed by atoms with Gasteiger partial charge in [0.05, 0.1) is 5.75 Å². The molecule has 0 heterocycles.